The van der Waals surface area contributed by atoms with Crippen LogP contribution in [0, 0.1) is 0 Å². The molecule has 6 rings (SSSR count). The van der Waals surface area contributed by atoms with Crippen molar-refractivity contribution in [1.82, 2.24) is 9.80 Å². The smallest absolute Gasteiger partial charge is 0.335 e. The van der Waals surface area contributed by atoms with Gasteiger partial charge in [0.2, 0.25) is 0 Å². The summed E-state index contributed by atoms with van der Waals surface area (Å²) >= 11 is 8.58. The first-order valence-electron chi connectivity index (χ1n) is 14.1. The number of nitrogens with zero attached hydrogens (tertiary/aromatic N) is 2. The van der Waals surface area contributed by atoms with E-state index in [1.807, 2.05) is 18.2 Å². The minimum Gasteiger partial charge on any atom is -0.492 e. The molecule has 2 aliphatic heterocycles. The Bertz CT molecular complexity index is 1690. The monoisotopic (exact) mass is 630 g/mol. The fourth-order valence-corrected chi connectivity index (χ4v) is 7.21. The third kappa shape index (κ3) is 7.00. The van der Waals surface area contributed by atoms with Crippen molar-refractivity contribution in [1.29, 1.82) is 0 Å². The van der Waals surface area contributed by atoms with E-state index < -0.39 is 5.97 Å². The van der Waals surface area contributed by atoms with E-state index in [1.165, 1.54) is 21.8 Å². The predicted molar refractivity (Wildman–Crippen MR) is 177 cm³/mol. The lowest BCUT2D eigenvalue weighted by molar-refractivity contribution is -0.122. The van der Waals surface area contributed by atoms with Gasteiger partial charge in [-0.2, -0.15) is 0 Å². The molecule has 2 fully saturated rings. The van der Waals surface area contributed by atoms with Crippen LogP contribution in [0.1, 0.15) is 21.5 Å². The zero-order chi connectivity index (χ0) is 29.8. The Morgan fingerprint density at radius 3 is 2.63 bits per heavy atom. The first-order valence-corrected chi connectivity index (χ1v) is 16.2. The Labute approximate surface area is 263 Å². The molecule has 2 aliphatic rings. The van der Waals surface area contributed by atoms with Crippen LogP contribution in [-0.4, -0.2) is 77.1 Å². The van der Waals surface area contributed by atoms with Crippen LogP contribution in [0.2, 0.25) is 0 Å². The Kier molecular flexibility index (Phi) is 9.20. The number of rotatable bonds is 10. The maximum atomic E-state index is 13.3. The molecule has 2 saturated heterocycles. The fourth-order valence-electron chi connectivity index (χ4n) is 5.13. The molecule has 0 unspecified atom stereocenters. The van der Waals surface area contributed by atoms with Crippen LogP contribution in [-0.2, 0) is 16.0 Å². The van der Waals surface area contributed by atoms with Gasteiger partial charge in [-0.1, -0.05) is 48.2 Å². The second kappa shape index (κ2) is 13.4. The summed E-state index contributed by atoms with van der Waals surface area (Å²) in [5.41, 5.74) is 4.11. The molecule has 7 nitrogen and oxygen atoms in total. The molecule has 0 saturated carbocycles. The van der Waals surface area contributed by atoms with Gasteiger partial charge in [0.15, 0.2) is 0 Å². The molecule has 220 valence electrons. The highest BCUT2D eigenvalue weighted by atomic mass is 32.2. The number of hydrogen-bond donors (Lipinski definition) is 1. The molecule has 1 N–H and O–H groups in total. The van der Waals surface area contributed by atoms with Gasteiger partial charge in [-0.25, -0.2) is 4.79 Å². The lowest BCUT2D eigenvalue weighted by Gasteiger charge is -2.26. The normalized spacial score (nSPS) is 16.8. The molecule has 0 bridgehead atoms. The predicted octanol–water partition coefficient (Wildman–Crippen LogP) is 6.42. The zero-order valence-electron chi connectivity index (χ0n) is 23.4. The van der Waals surface area contributed by atoms with Crippen molar-refractivity contribution in [2.75, 3.05) is 46.0 Å². The van der Waals surface area contributed by atoms with Crippen molar-refractivity contribution in [2.45, 2.75) is 6.42 Å². The molecule has 10 heteroatoms. The number of thiocarbonyl (C=S) groups is 1. The summed E-state index contributed by atoms with van der Waals surface area (Å²) in [6.45, 7) is 5.18. The van der Waals surface area contributed by atoms with Crippen molar-refractivity contribution < 1.29 is 24.2 Å². The second-order valence-electron chi connectivity index (χ2n) is 10.3. The average Bonchev–Trinajstić information content (AvgIpc) is 3.60. The van der Waals surface area contributed by atoms with Gasteiger partial charge in [-0.05, 0) is 82.4 Å². The van der Waals surface area contributed by atoms with Crippen molar-refractivity contribution in [2.24, 2.45) is 0 Å². The van der Waals surface area contributed by atoms with Crippen LogP contribution in [0.15, 0.2) is 77.0 Å². The van der Waals surface area contributed by atoms with E-state index in [4.69, 9.17) is 26.8 Å². The molecule has 1 amide bonds. The Balaban J connectivity index is 1.20. The standard InChI is InChI=1S/C33H30N2O5S3/c36-31-30(43-33(41)35(31)11-9-22-1-4-24(5-2-22)32(37)38)20-23-3-7-28(40-17-14-34-12-15-39-16-13-34)27(19-23)25-6-8-29-26(21-25)10-18-42-29/h1-8,10,18-21H,9,11-17H2,(H,37,38)/b30-20-. The van der Waals surface area contributed by atoms with Crippen LogP contribution in [0.3, 0.4) is 0 Å². The van der Waals surface area contributed by atoms with Crippen LogP contribution < -0.4 is 4.74 Å². The van der Waals surface area contributed by atoms with Gasteiger partial charge >= 0.3 is 5.97 Å². The van der Waals surface area contributed by atoms with Crippen molar-refractivity contribution >= 4 is 67.7 Å². The maximum absolute atomic E-state index is 13.3. The minimum atomic E-state index is -0.962. The highest BCUT2D eigenvalue weighted by Crippen LogP contribution is 2.37. The van der Waals surface area contributed by atoms with Gasteiger partial charge in [-0.3, -0.25) is 14.6 Å². The number of ether oxygens (including phenoxy) is 2. The maximum Gasteiger partial charge on any atom is 0.335 e. The van der Waals surface area contributed by atoms with Crippen LogP contribution in [0.25, 0.3) is 27.3 Å². The molecule has 0 atom stereocenters. The summed E-state index contributed by atoms with van der Waals surface area (Å²) in [6, 6.07) is 21.3. The fraction of sp³-hybridized carbons (Fsp3) is 0.242. The quantitative estimate of drug-likeness (QED) is 0.159. The van der Waals surface area contributed by atoms with Gasteiger partial charge < -0.3 is 14.6 Å². The molecule has 0 spiro atoms. The number of benzene rings is 3. The molecular formula is C33H30N2O5S3. The Morgan fingerprint density at radius 1 is 1.02 bits per heavy atom. The molecule has 0 aliphatic carbocycles. The second-order valence-corrected chi connectivity index (χ2v) is 12.9. The topological polar surface area (TPSA) is 79.3 Å². The highest BCUT2D eigenvalue weighted by molar-refractivity contribution is 8.26. The molecule has 1 aromatic heterocycles. The molecule has 3 heterocycles. The summed E-state index contributed by atoms with van der Waals surface area (Å²) in [6.07, 6.45) is 2.47. The van der Waals surface area contributed by atoms with Gasteiger partial charge in [0.05, 0.1) is 23.7 Å². The summed E-state index contributed by atoms with van der Waals surface area (Å²) in [5.74, 6) is -0.276. The third-order valence-corrected chi connectivity index (χ3v) is 9.81. The van der Waals surface area contributed by atoms with E-state index in [-0.39, 0.29) is 11.5 Å². The number of amides is 1. The number of carboxylic acids is 1. The average molecular weight is 631 g/mol. The van der Waals surface area contributed by atoms with Crippen molar-refractivity contribution in [3.8, 4) is 16.9 Å². The van der Waals surface area contributed by atoms with E-state index in [9.17, 15) is 9.59 Å². The molecule has 0 radical (unpaired) electrons. The van der Waals surface area contributed by atoms with Crippen LogP contribution in [0.4, 0.5) is 0 Å². The number of thiophene rings is 1. The third-order valence-electron chi connectivity index (χ3n) is 7.53. The number of fused-ring (bicyclic) bond motifs is 1. The number of carboxylic acid groups (broad SMARTS) is 1. The lowest BCUT2D eigenvalue weighted by Crippen LogP contribution is -2.38. The van der Waals surface area contributed by atoms with E-state index in [0.717, 1.165) is 60.9 Å². The van der Waals surface area contributed by atoms with Crippen molar-refractivity contribution in [3.63, 3.8) is 0 Å². The Morgan fingerprint density at radius 2 is 1.84 bits per heavy atom. The minimum absolute atomic E-state index is 0.121. The number of aromatic carboxylic acids is 1. The zero-order valence-corrected chi connectivity index (χ0v) is 25.8. The van der Waals surface area contributed by atoms with E-state index >= 15 is 0 Å². The van der Waals surface area contributed by atoms with Gasteiger partial charge in [0.1, 0.15) is 16.7 Å². The molecule has 43 heavy (non-hydrogen) atoms. The summed E-state index contributed by atoms with van der Waals surface area (Å²) in [7, 11) is 0. The number of thioether (sulfide) groups is 1. The van der Waals surface area contributed by atoms with Crippen LogP contribution >= 0.6 is 35.3 Å². The molecular weight excluding hydrogens is 601 g/mol. The van der Waals surface area contributed by atoms with E-state index in [2.05, 4.69) is 40.6 Å². The van der Waals surface area contributed by atoms with Crippen molar-refractivity contribution in [3.05, 3.63) is 93.7 Å². The number of hydrogen-bond acceptors (Lipinski definition) is 8. The van der Waals surface area contributed by atoms with Gasteiger partial charge in [0, 0.05) is 36.4 Å². The van der Waals surface area contributed by atoms with E-state index in [0.29, 0.717) is 28.8 Å². The summed E-state index contributed by atoms with van der Waals surface area (Å²) in [4.78, 5) is 29.0. The number of carbonyl (C=O) groups is 2. The van der Waals surface area contributed by atoms with Gasteiger partial charge in [-0.15, -0.1) is 11.3 Å². The SMILES string of the molecule is O=C(O)c1ccc(CCN2C(=O)/C(=C/c3ccc(OCCN4CCOCC4)c(-c4ccc5sccc5c4)c3)SC2=S)cc1. The Hall–Kier alpha value is -3.54. The highest BCUT2D eigenvalue weighted by Gasteiger charge is 2.31. The first kappa shape index (κ1) is 29.5. The largest absolute Gasteiger partial charge is 0.492 e. The molecule has 4 aromatic rings. The lowest BCUT2D eigenvalue weighted by atomic mass is 10.0. The van der Waals surface area contributed by atoms with E-state index in [1.54, 1.807) is 40.5 Å². The first-order chi connectivity index (χ1) is 20.9. The number of carbonyl (C=O) groups excluding carboxylic acids is 1. The number of morpholine rings is 1. The molecule has 3 aromatic carbocycles. The van der Waals surface area contributed by atoms with Gasteiger partial charge in [0.25, 0.3) is 5.91 Å². The summed E-state index contributed by atoms with van der Waals surface area (Å²) in [5, 5.41) is 12.4. The summed E-state index contributed by atoms with van der Waals surface area (Å²) < 4.78 is 13.5. The van der Waals surface area contributed by atoms with Crippen LogP contribution in [0.5, 0.6) is 5.75 Å².